The molecule has 0 aliphatic carbocycles. The van der Waals surface area contributed by atoms with E-state index in [4.69, 9.17) is 18.8 Å². The summed E-state index contributed by atoms with van der Waals surface area (Å²) in [6.07, 6.45) is 8.81. The van der Waals surface area contributed by atoms with E-state index < -0.39 is 10.1 Å². The summed E-state index contributed by atoms with van der Waals surface area (Å²) in [6, 6.07) is 15.6. The van der Waals surface area contributed by atoms with Crippen molar-refractivity contribution in [3.63, 3.8) is 0 Å². The molecule has 0 radical (unpaired) electrons. The second kappa shape index (κ2) is 20.1. The number of methoxy groups -OCH3 is 1. The van der Waals surface area contributed by atoms with Crippen LogP contribution in [0.2, 0.25) is 0 Å². The molecule has 0 saturated carbocycles. The van der Waals surface area contributed by atoms with Crippen molar-refractivity contribution < 1.29 is 37.5 Å². The van der Waals surface area contributed by atoms with Gasteiger partial charge >= 0.3 is 5.97 Å². The normalized spacial score (nSPS) is 13.4. The summed E-state index contributed by atoms with van der Waals surface area (Å²) < 4.78 is 42.9. The van der Waals surface area contributed by atoms with Crippen LogP contribution in [-0.2, 0) is 14.9 Å². The minimum atomic E-state index is -3.67. The molecule has 10 nitrogen and oxygen atoms in total. The van der Waals surface area contributed by atoms with Gasteiger partial charge in [-0.3, -0.25) is 9.45 Å². The Balaban J connectivity index is 0.00000129. The van der Waals surface area contributed by atoms with Crippen LogP contribution >= 0.6 is 0 Å². The molecule has 0 amide bonds. The fourth-order valence-corrected chi connectivity index (χ4v) is 4.46. The van der Waals surface area contributed by atoms with E-state index in [1.54, 1.807) is 13.2 Å². The van der Waals surface area contributed by atoms with Crippen molar-refractivity contribution >= 4 is 21.8 Å². The van der Waals surface area contributed by atoms with E-state index in [9.17, 15) is 13.2 Å². The van der Waals surface area contributed by atoms with E-state index in [-0.39, 0.29) is 11.4 Å². The van der Waals surface area contributed by atoms with Gasteiger partial charge in [0, 0.05) is 32.7 Å². The summed E-state index contributed by atoms with van der Waals surface area (Å²) in [6.45, 7) is 8.09. The smallest absolute Gasteiger partial charge is 0.341 e. The first kappa shape index (κ1) is 36.2. The molecule has 232 valence electrons. The minimum absolute atomic E-state index is 0. The molecule has 0 unspecified atom stereocenters. The summed E-state index contributed by atoms with van der Waals surface area (Å²) in [7, 11) is -1.95. The standard InChI is InChI=1S/C29H42N2O4.CH4O3S.H2O/c1-3-4-5-6-7-12-23-34-27-16-10-8-14-25(27)29(32)35-24-13-18-30-19-21-31(22-20-30)26-15-9-11-17-28(26)33-2;1-5(2,3)4;/h8-11,14-17H,3-7,12-13,18-24H2,1-2H3;1H3,(H,2,3,4);1H2. The van der Waals surface area contributed by atoms with E-state index in [1.807, 2.05) is 30.3 Å². The maximum atomic E-state index is 12.6. The van der Waals surface area contributed by atoms with Crippen LogP contribution in [0.3, 0.4) is 0 Å². The number of para-hydroxylation sites is 3. The van der Waals surface area contributed by atoms with Gasteiger partial charge in [-0.05, 0) is 37.1 Å². The first-order valence-electron chi connectivity index (χ1n) is 14.1. The van der Waals surface area contributed by atoms with Gasteiger partial charge in [0.15, 0.2) is 0 Å². The molecular weight excluding hydrogens is 548 g/mol. The molecule has 0 aromatic heterocycles. The summed E-state index contributed by atoms with van der Waals surface area (Å²) >= 11 is 0. The Morgan fingerprint density at radius 2 is 1.44 bits per heavy atom. The van der Waals surface area contributed by atoms with Gasteiger partial charge < -0.3 is 24.6 Å². The Bertz CT molecular complexity index is 1100. The minimum Gasteiger partial charge on any atom is -0.495 e. The van der Waals surface area contributed by atoms with Gasteiger partial charge in [-0.15, -0.1) is 0 Å². The third kappa shape index (κ3) is 15.1. The number of hydrogen-bond acceptors (Lipinski definition) is 8. The van der Waals surface area contributed by atoms with Gasteiger partial charge in [-0.2, -0.15) is 8.42 Å². The number of ether oxygens (including phenoxy) is 3. The molecule has 1 aliphatic heterocycles. The number of benzene rings is 2. The fraction of sp³-hybridized carbons (Fsp3) is 0.567. The van der Waals surface area contributed by atoms with Crippen LogP contribution < -0.4 is 14.4 Å². The first-order chi connectivity index (χ1) is 19.2. The van der Waals surface area contributed by atoms with Crippen LogP contribution in [0, 0.1) is 0 Å². The van der Waals surface area contributed by atoms with Crippen molar-refractivity contribution in [1.82, 2.24) is 4.90 Å². The van der Waals surface area contributed by atoms with E-state index in [2.05, 4.69) is 28.9 Å². The lowest BCUT2D eigenvalue weighted by molar-refractivity contribution is 0.0482. The van der Waals surface area contributed by atoms with Crippen molar-refractivity contribution in [1.29, 1.82) is 0 Å². The van der Waals surface area contributed by atoms with Crippen molar-refractivity contribution in [2.24, 2.45) is 0 Å². The monoisotopic (exact) mass is 596 g/mol. The number of hydrogen-bond donors (Lipinski definition) is 1. The maximum Gasteiger partial charge on any atom is 0.341 e. The number of nitrogens with zero attached hydrogens (tertiary/aromatic N) is 2. The highest BCUT2D eigenvalue weighted by Gasteiger charge is 2.19. The van der Waals surface area contributed by atoms with Gasteiger partial charge in [0.05, 0.1) is 32.3 Å². The van der Waals surface area contributed by atoms with Crippen molar-refractivity contribution in [3.8, 4) is 11.5 Å². The summed E-state index contributed by atoms with van der Waals surface area (Å²) in [5.41, 5.74) is 1.67. The molecule has 1 saturated heterocycles. The van der Waals surface area contributed by atoms with E-state index >= 15 is 0 Å². The third-order valence-electron chi connectivity index (χ3n) is 6.51. The summed E-state index contributed by atoms with van der Waals surface area (Å²) in [5.74, 6) is 1.24. The highest BCUT2D eigenvalue weighted by molar-refractivity contribution is 7.85. The number of piperazine rings is 1. The van der Waals surface area contributed by atoms with Gasteiger partial charge in [0.1, 0.15) is 17.1 Å². The molecule has 11 heteroatoms. The maximum absolute atomic E-state index is 12.6. The van der Waals surface area contributed by atoms with Gasteiger partial charge in [0.25, 0.3) is 10.1 Å². The Kier molecular flexibility index (Phi) is 17.7. The first-order valence-corrected chi connectivity index (χ1v) is 16.0. The average Bonchev–Trinajstić information content (AvgIpc) is 2.94. The average molecular weight is 597 g/mol. The third-order valence-corrected chi connectivity index (χ3v) is 6.51. The van der Waals surface area contributed by atoms with E-state index in [0.717, 1.165) is 57.0 Å². The number of carbonyl (C=O) groups excluding carboxylic acids is 1. The molecule has 0 atom stereocenters. The molecule has 2 aromatic rings. The number of anilines is 1. The quantitative estimate of drug-likeness (QED) is 0.179. The van der Waals surface area contributed by atoms with Crippen LogP contribution in [0.15, 0.2) is 48.5 Å². The van der Waals surface area contributed by atoms with Crippen LogP contribution in [0.4, 0.5) is 5.69 Å². The zero-order valence-electron chi connectivity index (χ0n) is 24.7. The van der Waals surface area contributed by atoms with Crippen LogP contribution in [0.5, 0.6) is 11.5 Å². The van der Waals surface area contributed by atoms with Gasteiger partial charge in [-0.1, -0.05) is 63.3 Å². The van der Waals surface area contributed by atoms with Crippen LogP contribution in [-0.4, -0.2) is 88.6 Å². The number of carbonyl (C=O) groups is 1. The molecular formula is C30H48N2O8S. The number of rotatable bonds is 15. The van der Waals surface area contributed by atoms with E-state index in [1.165, 1.54) is 32.1 Å². The van der Waals surface area contributed by atoms with Crippen molar-refractivity contribution in [3.05, 3.63) is 54.1 Å². The molecule has 3 N–H and O–H groups in total. The van der Waals surface area contributed by atoms with Gasteiger partial charge in [-0.25, -0.2) is 4.79 Å². The van der Waals surface area contributed by atoms with Crippen molar-refractivity contribution in [2.45, 2.75) is 51.9 Å². The fourth-order valence-electron chi connectivity index (χ4n) is 4.46. The van der Waals surface area contributed by atoms with Crippen LogP contribution in [0.25, 0.3) is 0 Å². The zero-order valence-corrected chi connectivity index (χ0v) is 25.5. The molecule has 2 aromatic carbocycles. The van der Waals surface area contributed by atoms with Gasteiger partial charge in [0.2, 0.25) is 0 Å². The summed E-state index contributed by atoms with van der Waals surface area (Å²) in [5, 5.41) is 0. The zero-order chi connectivity index (χ0) is 29.2. The second-order valence-electron chi connectivity index (χ2n) is 9.84. The lowest BCUT2D eigenvalue weighted by Crippen LogP contribution is -2.46. The Morgan fingerprint density at radius 3 is 2.10 bits per heavy atom. The lowest BCUT2D eigenvalue weighted by atomic mass is 10.1. The second-order valence-corrected chi connectivity index (χ2v) is 11.3. The van der Waals surface area contributed by atoms with Crippen molar-refractivity contribution in [2.75, 3.05) is 64.2 Å². The Hall–Kier alpha value is -2.86. The largest absolute Gasteiger partial charge is 0.495 e. The SMILES string of the molecule is CCCCCCCCOc1ccccc1C(=O)OCCCN1CCN(c2ccccc2OC)CC1.CS(=O)(=O)O.O. The lowest BCUT2D eigenvalue weighted by Gasteiger charge is -2.36. The predicted molar refractivity (Wildman–Crippen MR) is 163 cm³/mol. The predicted octanol–water partition coefficient (Wildman–Crippen LogP) is 4.48. The highest BCUT2D eigenvalue weighted by Crippen LogP contribution is 2.28. The molecule has 1 fully saturated rings. The number of unbranched alkanes of at least 4 members (excludes halogenated alkanes) is 5. The Labute approximate surface area is 245 Å². The molecule has 0 spiro atoms. The molecule has 41 heavy (non-hydrogen) atoms. The van der Waals surface area contributed by atoms with Crippen LogP contribution in [0.1, 0.15) is 62.2 Å². The topological polar surface area (TPSA) is 137 Å². The molecule has 3 rings (SSSR count). The summed E-state index contributed by atoms with van der Waals surface area (Å²) in [4.78, 5) is 17.5. The highest BCUT2D eigenvalue weighted by atomic mass is 32.2. The molecule has 1 heterocycles. The number of esters is 1. The Morgan fingerprint density at radius 1 is 0.854 bits per heavy atom. The molecule has 0 bridgehead atoms. The van der Waals surface area contributed by atoms with E-state index in [0.29, 0.717) is 30.8 Å². The molecule has 1 aliphatic rings.